The smallest absolute Gasteiger partial charge is 0.317 e. The zero-order valence-corrected chi connectivity index (χ0v) is 13.3. The molecule has 3 heterocycles. The monoisotopic (exact) mass is 317 g/mol. The van der Waals surface area contributed by atoms with Crippen molar-refractivity contribution in [3.05, 3.63) is 17.6 Å². The van der Waals surface area contributed by atoms with Gasteiger partial charge in [-0.1, -0.05) is 0 Å². The highest BCUT2D eigenvalue weighted by atomic mass is 16.5. The molecule has 7 nitrogen and oxygen atoms in total. The molecule has 0 radical (unpaired) electrons. The number of ether oxygens (including phenoxy) is 1. The van der Waals surface area contributed by atoms with Gasteiger partial charge in [0, 0.05) is 44.2 Å². The summed E-state index contributed by atoms with van der Waals surface area (Å²) >= 11 is 0. The number of carbonyl (C=O) groups excluding carboxylic acids is 1. The molecule has 124 valence electrons. The first-order valence-electron chi connectivity index (χ1n) is 8.52. The lowest BCUT2D eigenvalue weighted by Crippen LogP contribution is -2.42. The maximum Gasteiger partial charge on any atom is 0.317 e. The van der Waals surface area contributed by atoms with Gasteiger partial charge in [0.15, 0.2) is 0 Å². The average Bonchev–Trinajstić information content (AvgIpc) is 3.41. The van der Waals surface area contributed by atoms with Crippen LogP contribution in [-0.4, -0.2) is 66.3 Å². The Hall–Kier alpha value is -1.89. The Bertz CT molecular complexity index is 584. The van der Waals surface area contributed by atoms with Gasteiger partial charge >= 0.3 is 6.03 Å². The van der Waals surface area contributed by atoms with Crippen LogP contribution >= 0.6 is 0 Å². The van der Waals surface area contributed by atoms with Gasteiger partial charge in [0.1, 0.15) is 12.1 Å². The van der Waals surface area contributed by atoms with E-state index in [1.54, 1.807) is 6.33 Å². The molecule has 0 atom stereocenters. The zero-order chi connectivity index (χ0) is 15.6. The molecule has 2 fully saturated rings. The van der Waals surface area contributed by atoms with E-state index in [9.17, 15) is 4.79 Å². The minimum absolute atomic E-state index is 0.0705. The lowest BCUT2D eigenvalue weighted by Gasteiger charge is -2.29. The third-order valence-electron chi connectivity index (χ3n) is 4.76. The largest absolute Gasteiger partial charge is 0.378 e. The fourth-order valence-corrected chi connectivity index (χ4v) is 3.25. The van der Waals surface area contributed by atoms with Crippen molar-refractivity contribution < 1.29 is 9.53 Å². The van der Waals surface area contributed by atoms with E-state index in [2.05, 4.69) is 20.2 Å². The first-order chi connectivity index (χ1) is 11.3. The number of fused-ring (bicyclic) bond motifs is 1. The Morgan fingerprint density at radius 2 is 1.91 bits per heavy atom. The van der Waals surface area contributed by atoms with Crippen molar-refractivity contribution in [2.75, 3.05) is 44.3 Å². The summed E-state index contributed by atoms with van der Waals surface area (Å²) in [6.45, 7) is 4.69. The molecule has 3 aliphatic rings. The van der Waals surface area contributed by atoms with Gasteiger partial charge in [0.05, 0.1) is 18.9 Å². The molecule has 2 aliphatic heterocycles. The highest BCUT2D eigenvalue weighted by molar-refractivity contribution is 5.75. The van der Waals surface area contributed by atoms with E-state index in [1.807, 2.05) is 4.90 Å². The summed E-state index contributed by atoms with van der Waals surface area (Å²) in [4.78, 5) is 25.5. The predicted molar refractivity (Wildman–Crippen MR) is 85.6 cm³/mol. The molecule has 1 saturated carbocycles. The minimum atomic E-state index is 0.0705. The average molecular weight is 317 g/mol. The Labute approximate surface area is 136 Å². The molecule has 0 aromatic carbocycles. The van der Waals surface area contributed by atoms with Crippen LogP contribution in [0.5, 0.6) is 0 Å². The molecule has 1 aromatic heterocycles. The van der Waals surface area contributed by atoms with Crippen molar-refractivity contribution in [2.24, 2.45) is 0 Å². The van der Waals surface area contributed by atoms with Gasteiger partial charge in [-0.2, -0.15) is 0 Å². The summed E-state index contributed by atoms with van der Waals surface area (Å²) in [7, 11) is 0. The van der Waals surface area contributed by atoms with Crippen molar-refractivity contribution in [2.45, 2.75) is 31.7 Å². The second-order valence-corrected chi connectivity index (χ2v) is 6.43. The van der Waals surface area contributed by atoms with E-state index < -0.39 is 0 Å². The Balaban J connectivity index is 1.50. The van der Waals surface area contributed by atoms with E-state index in [-0.39, 0.29) is 6.03 Å². The zero-order valence-electron chi connectivity index (χ0n) is 13.3. The van der Waals surface area contributed by atoms with E-state index in [1.165, 1.54) is 5.56 Å². The van der Waals surface area contributed by atoms with E-state index in [0.717, 1.165) is 76.6 Å². The number of nitrogens with zero attached hydrogens (tertiary/aromatic N) is 4. The number of aromatic nitrogens is 2. The van der Waals surface area contributed by atoms with Crippen LogP contribution in [0.2, 0.25) is 0 Å². The van der Waals surface area contributed by atoms with Gasteiger partial charge in [-0.25, -0.2) is 14.8 Å². The van der Waals surface area contributed by atoms with Crippen LogP contribution in [-0.2, 0) is 17.6 Å². The van der Waals surface area contributed by atoms with Crippen molar-refractivity contribution in [3.63, 3.8) is 0 Å². The fourth-order valence-electron chi connectivity index (χ4n) is 3.25. The molecule has 0 unspecified atom stereocenters. The summed E-state index contributed by atoms with van der Waals surface area (Å²) in [5, 5.41) is 3.08. The van der Waals surface area contributed by atoms with Crippen molar-refractivity contribution >= 4 is 11.8 Å². The molecular weight excluding hydrogens is 294 g/mol. The molecule has 1 aliphatic carbocycles. The summed E-state index contributed by atoms with van der Waals surface area (Å²) in [6.07, 6.45) is 5.51. The highest BCUT2D eigenvalue weighted by Crippen LogP contribution is 2.25. The number of hydrogen-bond acceptors (Lipinski definition) is 5. The number of nitrogens with one attached hydrogen (secondary N) is 1. The normalized spacial score (nSPS) is 21.6. The molecule has 7 heteroatoms. The van der Waals surface area contributed by atoms with E-state index in [0.29, 0.717) is 6.04 Å². The van der Waals surface area contributed by atoms with E-state index >= 15 is 0 Å². The molecule has 4 rings (SSSR count). The van der Waals surface area contributed by atoms with Crippen LogP contribution < -0.4 is 10.2 Å². The van der Waals surface area contributed by atoms with Crippen LogP contribution in [0.25, 0.3) is 0 Å². The first kappa shape index (κ1) is 14.7. The van der Waals surface area contributed by atoms with Crippen LogP contribution in [0.15, 0.2) is 6.33 Å². The molecule has 1 N–H and O–H groups in total. The molecule has 0 spiro atoms. The Morgan fingerprint density at radius 1 is 1.13 bits per heavy atom. The summed E-state index contributed by atoms with van der Waals surface area (Å²) < 4.78 is 5.44. The van der Waals surface area contributed by atoms with Gasteiger partial charge in [0.2, 0.25) is 0 Å². The lowest BCUT2D eigenvalue weighted by molar-refractivity contribution is 0.122. The van der Waals surface area contributed by atoms with Crippen LogP contribution in [0.4, 0.5) is 10.6 Å². The van der Waals surface area contributed by atoms with Gasteiger partial charge < -0.3 is 19.9 Å². The maximum absolute atomic E-state index is 12.3. The highest BCUT2D eigenvalue weighted by Gasteiger charge is 2.28. The van der Waals surface area contributed by atoms with Crippen LogP contribution in [0.3, 0.4) is 0 Å². The van der Waals surface area contributed by atoms with Crippen molar-refractivity contribution in [1.29, 1.82) is 0 Å². The molecule has 1 aromatic rings. The maximum atomic E-state index is 12.3. The number of urea groups is 1. The number of rotatable bonds is 2. The molecular formula is C16H23N5O2. The van der Waals surface area contributed by atoms with Gasteiger partial charge in [-0.05, 0) is 19.3 Å². The van der Waals surface area contributed by atoms with E-state index in [4.69, 9.17) is 4.74 Å². The molecule has 23 heavy (non-hydrogen) atoms. The van der Waals surface area contributed by atoms with Crippen molar-refractivity contribution in [3.8, 4) is 0 Å². The topological polar surface area (TPSA) is 70.6 Å². The van der Waals surface area contributed by atoms with Gasteiger partial charge in [-0.3, -0.25) is 0 Å². The first-order valence-corrected chi connectivity index (χ1v) is 8.52. The SMILES string of the molecule is O=C(NC1CC1)N1CCc2ncnc(N3CCOCC3)c2CC1. The Kier molecular flexibility index (Phi) is 4.03. The third kappa shape index (κ3) is 3.24. The minimum Gasteiger partial charge on any atom is -0.378 e. The number of anilines is 1. The summed E-state index contributed by atoms with van der Waals surface area (Å²) in [5.74, 6) is 1.03. The van der Waals surface area contributed by atoms with Gasteiger partial charge in [-0.15, -0.1) is 0 Å². The fraction of sp³-hybridized carbons (Fsp3) is 0.688. The summed E-state index contributed by atoms with van der Waals surface area (Å²) in [6, 6.07) is 0.470. The number of amides is 2. The number of carbonyl (C=O) groups is 1. The standard InChI is InChI=1S/C16H23N5O2/c22-16(19-12-1-2-12)21-5-3-13-14(4-6-21)17-11-18-15(13)20-7-9-23-10-8-20/h11-12H,1-10H2,(H,19,22). The third-order valence-corrected chi connectivity index (χ3v) is 4.76. The second-order valence-electron chi connectivity index (χ2n) is 6.43. The quantitative estimate of drug-likeness (QED) is 0.864. The predicted octanol–water partition coefficient (Wildman–Crippen LogP) is 0.586. The van der Waals surface area contributed by atoms with Crippen molar-refractivity contribution in [1.82, 2.24) is 20.2 Å². The van der Waals surface area contributed by atoms with Crippen LogP contribution in [0.1, 0.15) is 24.1 Å². The summed E-state index contributed by atoms with van der Waals surface area (Å²) in [5.41, 5.74) is 2.29. The molecule has 2 amide bonds. The number of morpholine rings is 1. The second kappa shape index (κ2) is 6.31. The molecule has 0 bridgehead atoms. The lowest BCUT2D eigenvalue weighted by atomic mass is 10.1. The van der Waals surface area contributed by atoms with Crippen LogP contribution in [0, 0.1) is 0 Å². The number of hydrogen-bond donors (Lipinski definition) is 1. The van der Waals surface area contributed by atoms with Gasteiger partial charge in [0.25, 0.3) is 0 Å². The Morgan fingerprint density at radius 3 is 2.70 bits per heavy atom. The molecule has 1 saturated heterocycles.